The normalized spacial score (nSPS) is 11.2. The van der Waals surface area contributed by atoms with Crippen molar-refractivity contribution in [3.05, 3.63) is 36.5 Å². The predicted octanol–water partition coefficient (Wildman–Crippen LogP) is 2.16. The molecule has 0 aliphatic heterocycles. The molecule has 3 aromatic rings. The molecule has 2 heterocycles. The summed E-state index contributed by atoms with van der Waals surface area (Å²) in [6.07, 6.45) is 1.85. The largest absolute Gasteiger partial charge is 0.491 e. The van der Waals surface area contributed by atoms with Gasteiger partial charge in [-0.3, -0.25) is 0 Å². The SMILES string of the molecule is CC(C)Oc1ccc(-c2ccnc3nc(N)nn23)cc1. The fraction of sp³-hybridized carbons (Fsp3) is 0.214. The van der Waals surface area contributed by atoms with Crippen LogP contribution in [0.2, 0.25) is 0 Å². The third-order valence-corrected chi connectivity index (χ3v) is 2.78. The van der Waals surface area contributed by atoms with Crippen molar-refractivity contribution < 1.29 is 4.74 Å². The molecule has 102 valence electrons. The van der Waals surface area contributed by atoms with E-state index in [1.54, 1.807) is 10.7 Å². The van der Waals surface area contributed by atoms with Gasteiger partial charge >= 0.3 is 0 Å². The molecule has 0 saturated heterocycles. The van der Waals surface area contributed by atoms with Crippen LogP contribution in [-0.4, -0.2) is 25.7 Å². The average molecular weight is 269 g/mol. The highest BCUT2D eigenvalue weighted by Crippen LogP contribution is 2.23. The minimum absolute atomic E-state index is 0.156. The number of benzene rings is 1. The van der Waals surface area contributed by atoms with Gasteiger partial charge in [0.05, 0.1) is 11.8 Å². The molecule has 0 aliphatic rings. The molecule has 1 aromatic carbocycles. The number of hydrogen-bond acceptors (Lipinski definition) is 5. The number of nitrogen functional groups attached to an aromatic ring is 1. The molecule has 6 heteroatoms. The Morgan fingerprint density at radius 2 is 1.90 bits per heavy atom. The van der Waals surface area contributed by atoms with E-state index in [-0.39, 0.29) is 12.1 Å². The van der Waals surface area contributed by atoms with Crippen molar-refractivity contribution in [2.75, 3.05) is 5.73 Å². The summed E-state index contributed by atoms with van der Waals surface area (Å²) >= 11 is 0. The zero-order valence-electron chi connectivity index (χ0n) is 11.3. The van der Waals surface area contributed by atoms with Crippen LogP contribution >= 0.6 is 0 Å². The van der Waals surface area contributed by atoms with E-state index in [9.17, 15) is 0 Å². The van der Waals surface area contributed by atoms with E-state index < -0.39 is 0 Å². The first-order valence-corrected chi connectivity index (χ1v) is 6.38. The number of nitrogens with two attached hydrogens (primary N) is 1. The molecule has 0 atom stereocenters. The van der Waals surface area contributed by atoms with E-state index in [1.165, 1.54) is 0 Å². The van der Waals surface area contributed by atoms with Crippen LogP contribution in [0.1, 0.15) is 13.8 Å². The molecule has 6 nitrogen and oxygen atoms in total. The van der Waals surface area contributed by atoms with E-state index in [1.807, 2.05) is 44.2 Å². The highest BCUT2D eigenvalue weighted by Gasteiger charge is 2.08. The van der Waals surface area contributed by atoms with Crippen LogP contribution in [0.4, 0.5) is 5.95 Å². The fourth-order valence-electron chi connectivity index (χ4n) is 2.00. The predicted molar refractivity (Wildman–Crippen MR) is 76.4 cm³/mol. The molecule has 0 saturated carbocycles. The first-order chi connectivity index (χ1) is 9.63. The first kappa shape index (κ1) is 12.4. The molecule has 2 N–H and O–H groups in total. The molecule has 0 unspecified atom stereocenters. The molecule has 0 fully saturated rings. The Bertz CT molecular complexity index is 733. The molecule has 0 radical (unpaired) electrons. The topological polar surface area (TPSA) is 78.3 Å². The van der Waals surface area contributed by atoms with E-state index in [2.05, 4.69) is 15.1 Å². The van der Waals surface area contributed by atoms with Crippen molar-refractivity contribution in [1.29, 1.82) is 0 Å². The minimum atomic E-state index is 0.156. The zero-order chi connectivity index (χ0) is 14.1. The quantitative estimate of drug-likeness (QED) is 0.788. The number of ether oxygens (including phenoxy) is 1. The molecule has 0 aliphatic carbocycles. The standard InChI is InChI=1S/C14H15N5O/c1-9(2)20-11-5-3-10(4-6-11)12-7-8-16-14-17-13(15)18-19(12)14/h3-9H,1-2H3,(H2,15,18). The number of hydrogen-bond donors (Lipinski definition) is 1. The van der Waals surface area contributed by atoms with Gasteiger partial charge in [0.1, 0.15) is 5.75 Å². The summed E-state index contributed by atoms with van der Waals surface area (Å²) in [5, 5.41) is 4.15. The monoisotopic (exact) mass is 269 g/mol. The lowest BCUT2D eigenvalue weighted by molar-refractivity contribution is 0.242. The van der Waals surface area contributed by atoms with Gasteiger partial charge in [-0.05, 0) is 44.2 Å². The molecular weight excluding hydrogens is 254 g/mol. The number of anilines is 1. The summed E-state index contributed by atoms with van der Waals surface area (Å²) in [5.41, 5.74) is 7.50. The van der Waals surface area contributed by atoms with E-state index >= 15 is 0 Å². The van der Waals surface area contributed by atoms with Crippen molar-refractivity contribution in [2.24, 2.45) is 0 Å². The Morgan fingerprint density at radius 1 is 1.15 bits per heavy atom. The third-order valence-electron chi connectivity index (χ3n) is 2.78. The van der Waals surface area contributed by atoms with Gasteiger partial charge in [-0.1, -0.05) is 0 Å². The number of nitrogens with zero attached hydrogens (tertiary/aromatic N) is 4. The van der Waals surface area contributed by atoms with E-state index in [4.69, 9.17) is 10.5 Å². The average Bonchev–Trinajstić information content (AvgIpc) is 2.79. The van der Waals surface area contributed by atoms with Gasteiger partial charge in [0.25, 0.3) is 5.78 Å². The summed E-state index contributed by atoms with van der Waals surface area (Å²) in [6.45, 7) is 4.00. The summed E-state index contributed by atoms with van der Waals surface area (Å²) in [7, 11) is 0. The highest BCUT2D eigenvalue weighted by molar-refractivity contribution is 5.62. The Balaban J connectivity index is 2.02. The second-order valence-corrected chi connectivity index (χ2v) is 4.70. The lowest BCUT2D eigenvalue weighted by Gasteiger charge is -2.10. The van der Waals surface area contributed by atoms with E-state index in [0.29, 0.717) is 5.78 Å². The zero-order valence-corrected chi connectivity index (χ0v) is 11.3. The lowest BCUT2D eigenvalue weighted by atomic mass is 10.1. The molecule has 0 amide bonds. The number of rotatable bonds is 3. The number of aromatic nitrogens is 4. The van der Waals surface area contributed by atoms with Crippen molar-refractivity contribution in [1.82, 2.24) is 19.6 Å². The molecule has 0 spiro atoms. The van der Waals surface area contributed by atoms with Gasteiger partial charge < -0.3 is 10.5 Å². The van der Waals surface area contributed by atoms with Gasteiger partial charge in [0, 0.05) is 11.8 Å². The van der Waals surface area contributed by atoms with Crippen molar-refractivity contribution >= 4 is 11.7 Å². The van der Waals surface area contributed by atoms with Gasteiger partial charge in [0.2, 0.25) is 5.95 Å². The molecular formula is C14H15N5O. The highest BCUT2D eigenvalue weighted by atomic mass is 16.5. The summed E-state index contributed by atoms with van der Waals surface area (Å²) in [4.78, 5) is 8.18. The third kappa shape index (κ3) is 2.27. The van der Waals surface area contributed by atoms with Gasteiger partial charge in [-0.15, -0.1) is 5.10 Å². The Labute approximate surface area is 116 Å². The van der Waals surface area contributed by atoms with E-state index in [0.717, 1.165) is 17.0 Å². The van der Waals surface area contributed by atoms with Crippen LogP contribution in [-0.2, 0) is 0 Å². The Kier molecular flexibility index (Phi) is 2.98. The molecule has 3 rings (SSSR count). The fourth-order valence-corrected chi connectivity index (χ4v) is 2.00. The van der Waals surface area contributed by atoms with Crippen LogP contribution < -0.4 is 10.5 Å². The summed E-state index contributed by atoms with van der Waals surface area (Å²) in [5.74, 6) is 1.54. The summed E-state index contributed by atoms with van der Waals surface area (Å²) < 4.78 is 7.26. The van der Waals surface area contributed by atoms with Crippen molar-refractivity contribution in [3.63, 3.8) is 0 Å². The Hall–Kier alpha value is -2.63. The molecule has 20 heavy (non-hydrogen) atoms. The van der Waals surface area contributed by atoms with Crippen LogP contribution in [0.3, 0.4) is 0 Å². The van der Waals surface area contributed by atoms with Crippen LogP contribution in [0, 0.1) is 0 Å². The summed E-state index contributed by atoms with van der Waals surface area (Å²) in [6, 6.07) is 9.69. The second-order valence-electron chi connectivity index (χ2n) is 4.70. The Morgan fingerprint density at radius 3 is 2.60 bits per heavy atom. The maximum Gasteiger partial charge on any atom is 0.254 e. The van der Waals surface area contributed by atoms with Crippen LogP contribution in [0.15, 0.2) is 36.5 Å². The number of fused-ring (bicyclic) bond motifs is 1. The first-order valence-electron chi connectivity index (χ1n) is 6.38. The minimum Gasteiger partial charge on any atom is -0.491 e. The van der Waals surface area contributed by atoms with Crippen LogP contribution in [0.5, 0.6) is 5.75 Å². The van der Waals surface area contributed by atoms with Gasteiger partial charge in [0.15, 0.2) is 0 Å². The maximum absolute atomic E-state index is 5.63. The smallest absolute Gasteiger partial charge is 0.254 e. The maximum atomic E-state index is 5.63. The second kappa shape index (κ2) is 4.80. The van der Waals surface area contributed by atoms with Gasteiger partial charge in [-0.2, -0.15) is 9.50 Å². The molecule has 2 aromatic heterocycles. The van der Waals surface area contributed by atoms with Crippen LogP contribution in [0.25, 0.3) is 17.0 Å². The van der Waals surface area contributed by atoms with Crippen molar-refractivity contribution in [3.8, 4) is 17.0 Å². The van der Waals surface area contributed by atoms with Gasteiger partial charge in [-0.25, -0.2) is 4.98 Å². The lowest BCUT2D eigenvalue weighted by Crippen LogP contribution is -2.05. The molecule has 0 bridgehead atoms. The van der Waals surface area contributed by atoms with Crippen molar-refractivity contribution in [2.45, 2.75) is 20.0 Å².